The fourth-order valence-corrected chi connectivity index (χ4v) is 3.93. The van der Waals surface area contributed by atoms with Gasteiger partial charge in [-0.05, 0) is 23.1 Å². The summed E-state index contributed by atoms with van der Waals surface area (Å²) in [5.41, 5.74) is 10.8. The number of nitrogen functional groups attached to an aromatic ring is 1. The predicted octanol–water partition coefficient (Wildman–Crippen LogP) is 2.91. The Morgan fingerprint density at radius 2 is 1.64 bits per heavy atom. The van der Waals surface area contributed by atoms with Gasteiger partial charge in [0.15, 0.2) is 5.79 Å². The first-order valence-corrected chi connectivity index (χ1v) is 8.30. The molecule has 2 aromatic rings. The number of nitriles is 2. The minimum Gasteiger partial charge on any atom is -0.397 e. The van der Waals surface area contributed by atoms with Crippen molar-refractivity contribution in [3.8, 4) is 23.3 Å². The summed E-state index contributed by atoms with van der Waals surface area (Å²) in [7, 11) is 0. The van der Waals surface area contributed by atoms with Gasteiger partial charge in [-0.2, -0.15) is 10.5 Å². The van der Waals surface area contributed by atoms with Crippen LogP contribution in [0.25, 0.3) is 11.1 Å². The van der Waals surface area contributed by atoms with Gasteiger partial charge in [0, 0.05) is 18.4 Å². The lowest BCUT2D eigenvalue weighted by Gasteiger charge is -2.35. The quantitative estimate of drug-likeness (QED) is 0.811. The standard InChI is InChI=1S/C20H17N3O2/c21-11-16-14-6-7-20(24-8-9-25-20)10-15(14)18(17(12-22)19(16)23)13-4-2-1-3-5-13/h1-5H,6-10,23H2. The third kappa shape index (κ3) is 2.37. The summed E-state index contributed by atoms with van der Waals surface area (Å²) in [6.07, 6.45) is 1.86. The first-order chi connectivity index (χ1) is 12.2. The molecule has 1 spiro atoms. The van der Waals surface area contributed by atoms with Crippen molar-refractivity contribution in [1.29, 1.82) is 10.5 Å². The van der Waals surface area contributed by atoms with Gasteiger partial charge in [-0.1, -0.05) is 30.3 Å². The number of rotatable bonds is 1. The third-order valence-corrected chi connectivity index (χ3v) is 5.06. The summed E-state index contributed by atoms with van der Waals surface area (Å²) in [5.74, 6) is -0.647. The van der Waals surface area contributed by atoms with E-state index in [1.165, 1.54) is 0 Å². The number of anilines is 1. The van der Waals surface area contributed by atoms with Crippen LogP contribution in [-0.2, 0) is 22.3 Å². The maximum atomic E-state index is 9.74. The molecule has 124 valence electrons. The highest BCUT2D eigenvalue weighted by molar-refractivity contribution is 5.85. The number of ether oxygens (including phenoxy) is 2. The largest absolute Gasteiger partial charge is 0.397 e. The number of hydrogen-bond donors (Lipinski definition) is 1. The summed E-state index contributed by atoms with van der Waals surface area (Å²) in [6.45, 7) is 1.14. The van der Waals surface area contributed by atoms with Crippen molar-refractivity contribution >= 4 is 5.69 Å². The molecule has 0 radical (unpaired) electrons. The molecule has 0 saturated carbocycles. The molecule has 4 rings (SSSR count). The molecule has 2 aliphatic rings. The summed E-state index contributed by atoms with van der Waals surface area (Å²) in [4.78, 5) is 0. The zero-order chi connectivity index (χ0) is 17.4. The lowest BCUT2D eigenvalue weighted by Crippen LogP contribution is -2.37. The average Bonchev–Trinajstić information content (AvgIpc) is 3.09. The topological polar surface area (TPSA) is 92.1 Å². The van der Waals surface area contributed by atoms with Gasteiger partial charge in [-0.25, -0.2) is 0 Å². The van der Waals surface area contributed by atoms with Crippen molar-refractivity contribution in [2.75, 3.05) is 18.9 Å². The molecule has 1 aliphatic heterocycles. The molecule has 2 aromatic carbocycles. The Morgan fingerprint density at radius 1 is 0.960 bits per heavy atom. The fourth-order valence-electron chi connectivity index (χ4n) is 3.93. The molecule has 0 atom stereocenters. The molecule has 25 heavy (non-hydrogen) atoms. The van der Waals surface area contributed by atoms with Gasteiger partial charge in [0.1, 0.15) is 12.1 Å². The summed E-state index contributed by atoms with van der Waals surface area (Å²) in [6, 6.07) is 14.1. The SMILES string of the molecule is N#Cc1c(N)c(C#N)c(-c2ccccc2)c2c1CCC1(C2)OCCO1. The molecule has 5 nitrogen and oxygen atoms in total. The van der Waals surface area contributed by atoms with Crippen LogP contribution >= 0.6 is 0 Å². The fraction of sp³-hybridized carbons (Fsp3) is 0.300. The van der Waals surface area contributed by atoms with E-state index in [1.54, 1.807) is 0 Å². The number of nitrogens with two attached hydrogens (primary N) is 1. The van der Waals surface area contributed by atoms with Gasteiger partial charge in [0.2, 0.25) is 0 Å². The molecule has 5 heteroatoms. The van der Waals surface area contributed by atoms with E-state index in [4.69, 9.17) is 15.2 Å². The molecule has 0 unspecified atom stereocenters. The van der Waals surface area contributed by atoms with Gasteiger partial charge in [-0.15, -0.1) is 0 Å². The van der Waals surface area contributed by atoms with Crippen LogP contribution in [0.3, 0.4) is 0 Å². The van der Waals surface area contributed by atoms with Crippen molar-refractivity contribution in [1.82, 2.24) is 0 Å². The minimum absolute atomic E-state index is 0.270. The second kappa shape index (κ2) is 5.89. The molecule has 0 amide bonds. The maximum Gasteiger partial charge on any atom is 0.172 e. The van der Waals surface area contributed by atoms with E-state index in [0.29, 0.717) is 43.6 Å². The van der Waals surface area contributed by atoms with Crippen molar-refractivity contribution in [3.63, 3.8) is 0 Å². The number of fused-ring (bicyclic) bond motifs is 1. The number of hydrogen-bond acceptors (Lipinski definition) is 5. The minimum atomic E-state index is -0.647. The maximum absolute atomic E-state index is 9.74. The van der Waals surface area contributed by atoms with Crippen molar-refractivity contribution in [2.45, 2.75) is 25.0 Å². The molecule has 0 bridgehead atoms. The molecule has 1 aliphatic carbocycles. The van der Waals surface area contributed by atoms with Crippen LogP contribution in [0.4, 0.5) is 5.69 Å². The van der Waals surface area contributed by atoms with E-state index >= 15 is 0 Å². The molecular weight excluding hydrogens is 314 g/mol. The Hall–Kier alpha value is -2.86. The lowest BCUT2D eigenvalue weighted by molar-refractivity contribution is -0.163. The average molecular weight is 331 g/mol. The second-order valence-corrected chi connectivity index (χ2v) is 6.37. The zero-order valence-electron chi connectivity index (χ0n) is 13.7. The smallest absolute Gasteiger partial charge is 0.172 e. The van der Waals surface area contributed by atoms with Crippen LogP contribution < -0.4 is 5.73 Å². The summed E-state index contributed by atoms with van der Waals surface area (Å²) < 4.78 is 11.8. The first kappa shape index (κ1) is 15.7. The van der Waals surface area contributed by atoms with E-state index in [1.807, 2.05) is 30.3 Å². The molecule has 0 aromatic heterocycles. The van der Waals surface area contributed by atoms with Gasteiger partial charge < -0.3 is 15.2 Å². The Balaban J connectivity index is 2.02. The van der Waals surface area contributed by atoms with Gasteiger partial charge in [-0.3, -0.25) is 0 Å². The highest BCUT2D eigenvalue weighted by Gasteiger charge is 2.42. The summed E-state index contributed by atoms with van der Waals surface area (Å²) >= 11 is 0. The molecule has 1 fully saturated rings. The van der Waals surface area contributed by atoms with Crippen LogP contribution in [0.5, 0.6) is 0 Å². The second-order valence-electron chi connectivity index (χ2n) is 6.37. The summed E-state index contributed by atoms with van der Waals surface area (Å²) in [5, 5.41) is 19.3. The molecular formula is C20H17N3O2. The van der Waals surface area contributed by atoms with E-state index in [-0.39, 0.29) is 5.69 Å². The predicted molar refractivity (Wildman–Crippen MR) is 92.4 cm³/mol. The van der Waals surface area contributed by atoms with Crippen LogP contribution in [0.15, 0.2) is 30.3 Å². The van der Waals surface area contributed by atoms with E-state index in [0.717, 1.165) is 22.3 Å². The third-order valence-electron chi connectivity index (χ3n) is 5.06. The highest BCUT2D eigenvalue weighted by atomic mass is 16.7. The number of nitrogens with zero attached hydrogens (tertiary/aromatic N) is 2. The number of benzene rings is 2. The van der Waals surface area contributed by atoms with Crippen LogP contribution in [-0.4, -0.2) is 19.0 Å². The van der Waals surface area contributed by atoms with E-state index < -0.39 is 5.79 Å². The van der Waals surface area contributed by atoms with Crippen molar-refractivity contribution in [3.05, 3.63) is 52.6 Å². The lowest BCUT2D eigenvalue weighted by atomic mass is 9.78. The van der Waals surface area contributed by atoms with Crippen molar-refractivity contribution in [2.24, 2.45) is 0 Å². The van der Waals surface area contributed by atoms with Gasteiger partial charge in [0.25, 0.3) is 0 Å². The first-order valence-electron chi connectivity index (χ1n) is 8.30. The molecule has 2 N–H and O–H groups in total. The van der Waals surface area contributed by atoms with Gasteiger partial charge >= 0.3 is 0 Å². The highest BCUT2D eigenvalue weighted by Crippen LogP contribution is 2.44. The van der Waals surface area contributed by atoms with Crippen LogP contribution in [0.2, 0.25) is 0 Å². The normalized spacial score (nSPS) is 17.7. The van der Waals surface area contributed by atoms with Gasteiger partial charge in [0.05, 0.1) is 30.0 Å². The Kier molecular flexibility index (Phi) is 3.69. The monoisotopic (exact) mass is 331 g/mol. The molecule has 1 saturated heterocycles. The van der Waals surface area contributed by atoms with E-state index in [9.17, 15) is 10.5 Å². The molecule has 1 heterocycles. The zero-order valence-corrected chi connectivity index (χ0v) is 13.7. The van der Waals surface area contributed by atoms with Crippen molar-refractivity contribution < 1.29 is 9.47 Å². The van der Waals surface area contributed by atoms with E-state index in [2.05, 4.69) is 12.1 Å². The van der Waals surface area contributed by atoms with Crippen LogP contribution in [0, 0.1) is 22.7 Å². The Labute approximate surface area is 146 Å². The Morgan fingerprint density at radius 3 is 2.28 bits per heavy atom. The Bertz CT molecular complexity index is 917. The van der Waals surface area contributed by atoms with Crippen LogP contribution in [0.1, 0.15) is 28.7 Å².